The van der Waals surface area contributed by atoms with Crippen LogP contribution in [0.15, 0.2) is 65.8 Å². The van der Waals surface area contributed by atoms with E-state index in [2.05, 4.69) is 61.9 Å². The smallest absolute Gasteiger partial charge is 0.315 e. The second-order valence-electron chi connectivity index (χ2n) is 13.8. The maximum absolute atomic E-state index is 13.0. The Labute approximate surface area is 318 Å². The molecule has 13 heteroatoms. The Morgan fingerprint density at radius 1 is 0.962 bits per heavy atom. The zero-order chi connectivity index (χ0) is 36.5. The van der Waals surface area contributed by atoms with Crippen molar-refractivity contribution in [2.75, 3.05) is 17.6 Å². The summed E-state index contributed by atoms with van der Waals surface area (Å²) in [5, 5.41) is 18.7. The van der Waals surface area contributed by atoms with Gasteiger partial charge in [0.2, 0.25) is 5.91 Å². The Balaban J connectivity index is 0.000000194. The molecule has 4 aromatic rings. The van der Waals surface area contributed by atoms with Gasteiger partial charge in [-0.3, -0.25) is 14.2 Å². The Hall–Kier alpha value is -3.81. The van der Waals surface area contributed by atoms with E-state index in [1.165, 1.54) is 47.9 Å². The van der Waals surface area contributed by atoms with Gasteiger partial charge in [-0.05, 0) is 81.0 Å². The molecule has 0 aliphatic heterocycles. The third-order valence-corrected chi connectivity index (χ3v) is 13.0. The molecular formula is C39H49N7O3S3. The number of benzene rings is 2. The van der Waals surface area contributed by atoms with Crippen LogP contribution in [0.25, 0.3) is 5.69 Å². The zero-order valence-corrected chi connectivity index (χ0v) is 32.4. The molecule has 276 valence electrons. The predicted molar refractivity (Wildman–Crippen MR) is 213 cm³/mol. The number of hydrogen-bond donors (Lipinski definition) is 4. The van der Waals surface area contributed by atoms with Gasteiger partial charge < -0.3 is 21.7 Å². The standard InChI is InChI=1S/C22H23N5O2S2.C17H26N2OS/c1-12(20(29)24-21-17(18(23)28)15-8-5-9-16(15)31-21)30-22-26-25-19(13-10-11-13)27(22)14-6-3-2-4-7-14;1-14-7-5-6-10-16(14)19-17(20)18-11-12-21-13-15-8-3-2-4-9-15/h2-4,6-7,12-13H,5,8-11H2,1H3,(H2,23,28)(H,24,29);2-4,8-9,14,16H,5-7,10-13H2,1H3,(H2,18,19,20). The SMILES string of the molecule is CC(Sc1nnc(C2CC2)n1-c1ccccc1)C(=O)Nc1sc2c(c1C(N)=O)CCC2.CC1CCCCC1NC(=O)NCCSCc1ccccc1. The molecule has 2 aromatic carbocycles. The van der Waals surface area contributed by atoms with Gasteiger partial charge in [0.1, 0.15) is 10.8 Å². The Bertz CT molecular complexity index is 1810. The summed E-state index contributed by atoms with van der Waals surface area (Å²) in [5.41, 5.74) is 9.43. The van der Waals surface area contributed by atoms with Crippen molar-refractivity contribution in [2.24, 2.45) is 11.7 Å². The van der Waals surface area contributed by atoms with Crippen molar-refractivity contribution in [1.29, 1.82) is 0 Å². The number of urea groups is 1. The van der Waals surface area contributed by atoms with Gasteiger partial charge >= 0.3 is 6.03 Å². The summed E-state index contributed by atoms with van der Waals surface area (Å²) in [6.45, 7) is 4.80. The maximum Gasteiger partial charge on any atom is 0.315 e. The highest BCUT2D eigenvalue weighted by molar-refractivity contribution is 8.00. The lowest BCUT2D eigenvalue weighted by atomic mass is 9.86. The lowest BCUT2D eigenvalue weighted by Gasteiger charge is -2.29. The number of aryl methyl sites for hydroxylation is 1. The van der Waals surface area contributed by atoms with E-state index in [1.54, 1.807) is 0 Å². The summed E-state index contributed by atoms with van der Waals surface area (Å²) in [5.74, 6) is 3.28. The molecule has 3 unspecified atom stereocenters. The van der Waals surface area contributed by atoms with Gasteiger partial charge in [0.05, 0.1) is 10.8 Å². The van der Waals surface area contributed by atoms with Crippen molar-refractivity contribution in [3.8, 4) is 5.69 Å². The molecule has 3 atom stereocenters. The maximum atomic E-state index is 13.0. The number of carbonyl (C=O) groups is 3. The van der Waals surface area contributed by atoms with Crippen LogP contribution >= 0.6 is 34.9 Å². The summed E-state index contributed by atoms with van der Waals surface area (Å²) in [6, 6.07) is 20.8. The van der Waals surface area contributed by atoms with Crippen LogP contribution in [0.5, 0.6) is 0 Å². The van der Waals surface area contributed by atoms with E-state index >= 15 is 0 Å². The highest BCUT2D eigenvalue weighted by atomic mass is 32.2. The molecule has 3 aliphatic carbocycles. The van der Waals surface area contributed by atoms with E-state index in [-0.39, 0.29) is 11.9 Å². The molecule has 2 saturated carbocycles. The van der Waals surface area contributed by atoms with Crippen LogP contribution in [0.2, 0.25) is 0 Å². The summed E-state index contributed by atoms with van der Waals surface area (Å²) in [4.78, 5) is 38.0. The van der Waals surface area contributed by atoms with Gasteiger partial charge in [0, 0.05) is 40.6 Å². The third kappa shape index (κ3) is 9.99. The number of rotatable bonds is 13. The summed E-state index contributed by atoms with van der Waals surface area (Å²) in [6.07, 6.45) is 9.93. The van der Waals surface area contributed by atoms with Crippen LogP contribution in [-0.2, 0) is 23.4 Å². The third-order valence-electron chi connectivity index (χ3n) is 9.74. The molecule has 52 heavy (non-hydrogen) atoms. The number of carbonyl (C=O) groups excluding carboxylic acids is 3. The molecule has 0 bridgehead atoms. The summed E-state index contributed by atoms with van der Waals surface area (Å²) < 4.78 is 2.06. The van der Waals surface area contributed by atoms with Crippen molar-refractivity contribution in [3.05, 3.63) is 88.1 Å². The average molecular weight is 760 g/mol. The predicted octanol–water partition coefficient (Wildman–Crippen LogP) is 7.71. The van der Waals surface area contributed by atoms with E-state index in [0.29, 0.717) is 33.6 Å². The normalized spacial score (nSPS) is 18.4. The molecule has 2 fully saturated rings. The Morgan fingerprint density at radius 2 is 1.69 bits per heavy atom. The fourth-order valence-corrected chi connectivity index (χ4v) is 9.70. The summed E-state index contributed by atoms with van der Waals surface area (Å²) in [7, 11) is 0. The number of para-hydroxylation sites is 1. The number of primary amides is 1. The molecule has 4 amide bonds. The van der Waals surface area contributed by atoms with E-state index in [0.717, 1.165) is 78.5 Å². The first-order chi connectivity index (χ1) is 25.3. The number of nitrogens with two attached hydrogens (primary N) is 1. The van der Waals surface area contributed by atoms with Crippen LogP contribution in [0.4, 0.5) is 9.80 Å². The average Bonchev–Trinajstić information content (AvgIpc) is 3.59. The Morgan fingerprint density at radius 3 is 2.40 bits per heavy atom. The van der Waals surface area contributed by atoms with Gasteiger partial charge in [-0.2, -0.15) is 11.8 Å². The number of hydrogen-bond acceptors (Lipinski definition) is 8. The molecule has 0 radical (unpaired) electrons. The zero-order valence-electron chi connectivity index (χ0n) is 29.9. The lowest BCUT2D eigenvalue weighted by molar-refractivity contribution is -0.115. The molecule has 0 saturated heterocycles. The number of aromatic nitrogens is 3. The fraction of sp³-hybridized carbons (Fsp3) is 0.462. The topological polar surface area (TPSA) is 144 Å². The highest BCUT2D eigenvalue weighted by Crippen LogP contribution is 2.42. The van der Waals surface area contributed by atoms with E-state index in [4.69, 9.17) is 5.73 Å². The summed E-state index contributed by atoms with van der Waals surface area (Å²) >= 11 is 4.69. The molecule has 2 aromatic heterocycles. The molecular weight excluding hydrogens is 711 g/mol. The van der Waals surface area contributed by atoms with E-state index in [9.17, 15) is 14.4 Å². The molecule has 0 spiro atoms. The molecule has 5 N–H and O–H groups in total. The molecule has 3 aliphatic rings. The quantitative estimate of drug-likeness (QED) is 0.0808. The monoisotopic (exact) mass is 759 g/mol. The Kier molecular flexibility index (Phi) is 13.3. The number of thioether (sulfide) groups is 2. The number of nitrogens with one attached hydrogen (secondary N) is 3. The van der Waals surface area contributed by atoms with Crippen LogP contribution in [0.1, 0.15) is 96.9 Å². The van der Waals surface area contributed by atoms with Gasteiger partial charge in [-0.1, -0.05) is 80.1 Å². The molecule has 10 nitrogen and oxygen atoms in total. The minimum atomic E-state index is -0.479. The van der Waals surface area contributed by atoms with Gasteiger partial charge in [-0.25, -0.2) is 4.79 Å². The number of fused-ring (bicyclic) bond motifs is 1. The van der Waals surface area contributed by atoms with Crippen LogP contribution < -0.4 is 21.7 Å². The van der Waals surface area contributed by atoms with Crippen molar-refractivity contribution in [2.45, 2.75) is 99.8 Å². The number of thiophene rings is 1. The van der Waals surface area contributed by atoms with Gasteiger partial charge in [-0.15, -0.1) is 21.5 Å². The van der Waals surface area contributed by atoms with Gasteiger partial charge in [0.25, 0.3) is 5.91 Å². The number of nitrogens with zero attached hydrogens (tertiary/aromatic N) is 3. The number of anilines is 1. The first kappa shape index (κ1) is 37.9. The minimum absolute atomic E-state index is 0.00550. The fourth-order valence-electron chi connectivity index (χ4n) is 6.71. The second kappa shape index (κ2) is 18.3. The lowest BCUT2D eigenvalue weighted by Crippen LogP contribution is -2.46. The highest BCUT2D eigenvalue weighted by Gasteiger charge is 2.32. The van der Waals surface area contributed by atoms with Crippen molar-refractivity contribution >= 4 is 57.7 Å². The minimum Gasteiger partial charge on any atom is -0.365 e. The van der Waals surface area contributed by atoms with Crippen LogP contribution in [0.3, 0.4) is 0 Å². The van der Waals surface area contributed by atoms with Crippen LogP contribution in [-0.4, -0.2) is 56.2 Å². The largest absolute Gasteiger partial charge is 0.365 e. The van der Waals surface area contributed by atoms with Crippen molar-refractivity contribution in [3.63, 3.8) is 0 Å². The number of amides is 4. The van der Waals surface area contributed by atoms with E-state index < -0.39 is 11.2 Å². The van der Waals surface area contributed by atoms with Crippen molar-refractivity contribution < 1.29 is 14.4 Å². The first-order valence-corrected chi connectivity index (χ1v) is 21.2. The van der Waals surface area contributed by atoms with Crippen molar-refractivity contribution in [1.82, 2.24) is 25.4 Å². The van der Waals surface area contributed by atoms with Gasteiger partial charge in [0.15, 0.2) is 5.16 Å². The van der Waals surface area contributed by atoms with E-state index in [1.807, 2.05) is 55.1 Å². The first-order valence-electron chi connectivity index (χ1n) is 18.4. The second-order valence-corrected chi connectivity index (χ2v) is 17.3. The molecule has 2 heterocycles. The van der Waals surface area contributed by atoms with Crippen LogP contribution in [0, 0.1) is 5.92 Å². The molecule has 7 rings (SSSR count).